The molecule has 0 saturated carbocycles. The Morgan fingerprint density at radius 1 is 0.521 bits per heavy atom. The Hall–Kier alpha value is -6.17. The van der Waals surface area contributed by atoms with Crippen LogP contribution in [0.25, 0.3) is 65.6 Å². The summed E-state index contributed by atoms with van der Waals surface area (Å²) in [5.74, 6) is 0.986. The number of hydrogen-bond acceptors (Lipinski definition) is 4. The fourth-order valence-corrected chi connectivity index (χ4v) is 8.02. The first-order valence-electron chi connectivity index (χ1n) is 16.5. The van der Waals surface area contributed by atoms with Gasteiger partial charge in [0.2, 0.25) is 6.29 Å². The number of hydrogen-bond donors (Lipinski definition) is 0. The van der Waals surface area contributed by atoms with E-state index in [1.54, 1.807) is 0 Å². The molecule has 5 heteroatoms. The van der Waals surface area contributed by atoms with Gasteiger partial charge in [0.25, 0.3) is 0 Å². The molecule has 1 fully saturated rings. The minimum absolute atomic E-state index is 0.0881. The first kappa shape index (κ1) is 26.0. The molecule has 0 spiro atoms. The Bertz CT molecular complexity index is 2750. The SMILES string of the molecule is c1ccc(C2=NC(n3c4cccc5oc6ccccc6c6cc(-c7cccc8ccccc78)cc3c6c54)N3C(c4ccccc4)N23)cc1. The van der Waals surface area contributed by atoms with Gasteiger partial charge < -0.3 is 8.98 Å². The maximum absolute atomic E-state index is 6.76. The van der Waals surface area contributed by atoms with Gasteiger partial charge in [-0.1, -0.05) is 127 Å². The van der Waals surface area contributed by atoms with Crippen LogP contribution in [0.5, 0.6) is 0 Å². The van der Waals surface area contributed by atoms with Crippen LogP contribution in [-0.4, -0.2) is 20.4 Å². The van der Waals surface area contributed by atoms with E-state index in [0.29, 0.717) is 0 Å². The molecule has 3 atom stereocenters. The summed E-state index contributed by atoms with van der Waals surface area (Å²) in [6, 6.07) is 56.1. The zero-order valence-electron chi connectivity index (χ0n) is 25.9. The van der Waals surface area contributed by atoms with E-state index in [1.807, 2.05) is 0 Å². The molecule has 9 aromatic rings. The van der Waals surface area contributed by atoms with Crippen molar-refractivity contribution >= 4 is 60.4 Å². The molecule has 4 heterocycles. The molecule has 0 N–H and O–H groups in total. The van der Waals surface area contributed by atoms with E-state index < -0.39 is 0 Å². The van der Waals surface area contributed by atoms with Crippen LogP contribution in [0.2, 0.25) is 0 Å². The van der Waals surface area contributed by atoms with Gasteiger partial charge in [-0.3, -0.25) is 5.01 Å². The van der Waals surface area contributed by atoms with E-state index in [9.17, 15) is 0 Å². The van der Waals surface area contributed by atoms with E-state index in [0.717, 1.165) is 44.4 Å². The van der Waals surface area contributed by atoms with Crippen LogP contribution in [-0.2, 0) is 0 Å². The third-order valence-electron chi connectivity index (χ3n) is 10.1. The number of amidine groups is 1. The summed E-state index contributed by atoms with van der Waals surface area (Å²) >= 11 is 0. The quantitative estimate of drug-likeness (QED) is 0.185. The number of nitrogens with zero attached hydrogens (tertiary/aromatic N) is 4. The molecule has 0 amide bonds. The summed E-state index contributed by atoms with van der Waals surface area (Å²) < 4.78 is 9.20. The van der Waals surface area contributed by atoms with Gasteiger partial charge in [-0.2, -0.15) is 0 Å². The molecule has 7 aromatic carbocycles. The van der Waals surface area contributed by atoms with E-state index in [1.165, 1.54) is 38.2 Å². The molecule has 2 aliphatic rings. The highest BCUT2D eigenvalue weighted by Gasteiger charge is 2.58. The highest BCUT2D eigenvalue weighted by Crippen LogP contribution is 2.55. The monoisotopic (exact) mass is 616 g/mol. The van der Waals surface area contributed by atoms with Crippen LogP contribution in [0.3, 0.4) is 0 Å². The molecule has 2 aliphatic heterocycles. The lowest BCUT2D eigenvalue weighted by Crippen LogP contribution is -2.14. The number of aliphatic imine (C=N–C) groups is 1. The third-order valence-corrected chi connectivity index (χ3v) is 10.1. The Labute approximate surface area is 276 Å². The molecular weight excluding hydrogens is 589 g/mol. The van der Waals surface area contributed by atoms with Crippen LogP contribution in [0, 0.1) is 0 Å². The van der Waals surface area contributed by atoms with Gasteiger partial charge in [0, 0.05) is 16.3 Å². The van der Waals surface area contributed by atoms with Gasteiger partial charge in [-0.15, -0.1) is 5.01 Å². The highest BCUT2D eigenvalue weighted by atomic mass is 16.3. The standard InChI is InChI=1S/C43H28N4O/c1-3-14-28(15-4-1)41-44-43(47-42(46(41)47)29-16-5-2-6-17-29)45-35-22-12-24-38-40(35)39-34(33-20-9-10-23-37(33)48-38)25-30(26-36(39)45)32-21-11-18-27-13-7-8-19-31(27)32/h1-26,42-43H. The molecule has 226 valence electrons. The number of hydrazine groups is 1. The fourth-order valence-electron chi connectivity index (χ4n) is 8.02. The van der Waals surface area contributed by atoms with Crippen LogP contribution in [0.15, 0.2) is 167 Å². The average Bonchev–Trinajstić information content (AvgIpc) is 3.67. The van der Waals surface area contributed by atoms with Crippen molar-refractivity contribution in [2.45, 2.75) is 12.5 Å². The highest BCUT2D eigenvalue weighted by molar-refractivity contribution is 6.27. The van der Waals surface area contributed by atoms with Gasteiger partial charge in [-0.05, 0) is 63.2 Å². The van der Waals surface area contributed by atoms with Crippen molar-refractivity contribution in [2.75, 3.05) is 0 Å². The Kier molecular flexibility index (Phi) is 5.23. The summed E-state index contributed by atoms with van der Waals surface area (Å²) in [4.78, 5) is 5.50. The molecule has 0 bridgehead atoms. The number of rotatable bonds is 4. The van der Waals surface area contributed by atoms with Gasteiger partial charge in [0.05, 0.1) is 16.4 Å². The van der Waals surface area contributed by atoms with Gasteiger partial charge >= 0.3 is 0 Å². The minimum atomic E-state index is -0.286. The maximum Gasteiger partial charge on any atom is 0.204 e. The van der Waals surface area contributed by atoms with Crippen LogP contribution in [0.1, 0.15) is 23.6 Å². The molecule has 1 saturated heterocycles. The number of fused-ring (bicyclic) bond motifs is 4. The number of para-hydroxylation sites is 1. The van der Waals surface area contributed by atoms with Gasteiger partial charge in [0.15, 0.2) is 5.84 Å². The molecule has 3 unspecified atom stereocenters. The van der Waals surface area contributed by atoms with E-state index in [4.69, 9.17) is 9.41 Å². The van der Waals surface area contributed by atoms with Crippen LogP contribution >= 0.6 is 0 Å². The molecule has 0 radical (unpaired) electrons. The molecule has 5 nitrogen and oxygen atoms in total. The first-order valence-corrected chi connectivity index (χ1v) is 16.5. The van der Waals surface area contributed by atoms with Crippen molar-refractivity contribution in [2.24, 2.45) is 4.99 Å². The number of benzene rings is 7. The molecule has 48 heavy (non-hydrogen) atoms. The molecule has 0 aliphatic carbocycles. The topological polar surface area (TPSA) is 36.4 Å². The van der Waals surface area contributed by atoms with Crippen molar-refractivity contribution in [3.8, 4) is 11.1 Å². The van der Waals surface area contributed by atoms with Crippen molar-refractivity contribution in [3.05, 3.63) is 169 Å². The molecular formula is C43H28N4O. The second-order valence-electron chi connectivity index (χ2n) is 12.7. The largest absolute Gasteiger partial charge is 0.456 e. The second-order valence-corrected chi connectivity index (χ2v) is 12.7. The van der Waals surface area contributed by atoms with E-state index >= 15 is 0 Å². The van der Waals surface area contributed by atoms with Crippen LogP contribution in [0.4, 0.5) is 0 Å². The Morgan fingerprint density at radius 3 is 2.10 bits per heavy atom. The molecule has 11 rings (SSSR count). The molecule has 2 aromatic heterocycles. The van der Waals surface area contributed by atoms with Gasteiger partial charge in [0.1, 0.15) is 17.3 Å². The predicted molar refractivity (Wildman–Crippen MR) is 195 cm³/mol. The zero-order valence-corrected chi connectivity index (χ0v) is 25.9. The van der Waals surface area contributed by atoms with Gasteiger partial charge in [-0.25, -0.2) is 4.99 Å². The average molecular weight is 617 g/mol. The minimum Gasteiger partial charge on any atom is -0.456 e. The normalized spacial score (nSPS) is 18.7. The first-order chi connectivity index (χ1) is 23.8. The fraction of sp³-hybridized carbons (Fsp3) is 0.0465. The van der Waals surface area contributed by atoms with Crippen molar-refractivity contribution < 1.29 is 4.42 Å². The summed E-state index contributed by atoms with van der Waals surface area (Å²) in [5.41, 5.74) is 8.73. The van der Waals surface area contributed by atoms with Crippen molar-refractivity contribution in [1.29, 1.82) is 0 Å². The zero-order chi connectivity index (χ0) is 31.3. The van der Waals surface area contributed by atoms with Crippen molar-refractivity contribution in [3.63, 3.8) is 0 Å². The predicted octanol–water partition coefficient (Wildman–Crippen LogP) is 10.7. The van der Waals surface area contributed by atoms with Crippen molar-refractivity contribution in [1.82, 2.24) is 14.6 Å². The summed E-state index contributed by atoms with van der Waals surface area (Å²) in [5, 5.41) is 11.8. The maximum atomic E-state index is 6.76. The smallest absolute Gasteiger partial charge is 0.204 e. The third kappa shape index (κ3) is 3.56. The second kappa shape index (κ2) is 9.67. The lowest BCUT2D eigenvalue weighted by Gasteiger charge is -2.17. The summed E-state index contributed by atoms with van der Waals surface area (Å²) in [6.45, 7) is 0. The lowest BCUT2D eigenvalue weighted by atomic mass is 9.95. The van der Waals surface area contributed by atoms with E-state index in [2.05, 4.69) is 172 Å². The Balaban J connectivity index is 1.26. The summed E-state index contributed by atoms with van der Waals surface area (Å²) in [7, 11) is 0. The van der Waals surface area contributed by atoms with Crippen LogP contribution < -0.4 is 0 Å². The van der Waals surface area contributed by atoms with E-state index in [-0.39, 0.29) is 12.5 Å². The lowest BCUT2D eigenvalue weighted by molar-refractivity contribution is 0.269. The Morgan fingerprint density at radius 2 is 1.23 bits per heavy atom. The number of aromatic nitrogens is 1. The summed E-state index contributed by atoms with van der Waals surface area (Å²) in [6.07, 6.45) is -0.198.